The highest BCUT2D eigenvalue weighted by Crippen LogP contribution is 2.20. The van der Waals surface area contributed by atoms with Gasteiger partial charge in [-0.1, -0.05) is 0 Å². The fourth-order valence-corrected chi connectivity index (χ4v) is 1.79. The first-order chi connectivity index (χ1) is 5.81. The lowest BCUT2D eigenvalue weighted by atomic mass is 9.88. The fourth-order valence-electron chi connectivity index (χ4n) is 1.79. The fraction of sp³-hybridized carbons (Fsp3) is 0.625. The second-order valence-electron chi connectivity index (χ2n) is 3.38. The van der Waals surface area contributed by atoms with Crippen LogP contribution in [0.15, 0.2) is 4.79 Å². The van der Waals surface area contributed by atoms with Crippen LogP contribution in [0.4, 0.5) is 0 Å². The average Bonchev–Trinajstić information content (AvgIpc) is 2.47. The largest absolute Gasteiger partial charge is 0.330 e. The third-order valence-corrected chi connectivity index (χ3v) is 2.59. The van der Waals surface area contributed by atoms with Gasteiger partial charge in [0.15, 0.2) is 0 Å². The summed E-state index contributed by atoms with van der Waals surface area (Å²) in [5, 5.41) is 5.49. The molecule has 2 rings (SSSR count). The molecule has 0 radical (unpaired) electrons. The molecule has 1 aromatic heterocycles. The number of aryl methyl sites for hydroxylation is 1. The lowest BCUT2D eigenvalue weighted by Crippen LogP contribution is -2.24. The van der Waals surface area contributed by atoms with Gasteiger partial charge in [-0.05, 0) is 31.7 Å². The minimum absolute atomic E-state index is 0.0307. The van der Waals surface area contributed by atoms with Crippen LogP contribution in [0.1, 0.15) is 17.7 Å². The number of nitrogens with two attached hydrogens (primary N) is 1. The Morgan fingerprint density at radius 1 is 1.50 bits per heavy atom. The molecule has 0 bridgehead atoms. The number of hydrogen-bond acceptors (Lipinski definition) is 2. The molecule has 4 N–H and O–H groups in total. The van der Waals surface area contributed by atoms with Crippen molar-refractivity contribution in [1.29, 1.82) is 0 Å². The molecule has 4 nitrogen and oxygen atoms in total. The topological polar surface area (TPSA) is 74.7 Å². The summed E-state index contributed by atoms with van der Waals surface area (Å²) in [5.41, 5.74) is 7.57. The molecule has 1 atom stereocenters. The van der Waals surface area contributed by atoms with Gasteiger partial charge >= 0.3 is 0 Å². The Morgan fingerprint density at radius 2 is 2.33 bits per heavy atom. The Morgan fingerprint density at radius 3 is 3.08 bits per heavy atom. The molecular weight excluding hydrogens is 154 g/mol. The zero-order valence-electron chi connectivity index (χ0n) is 6.89. The van der Waals surface area contributed by atoms with E-state index in [1.807, 2.05) is 0 Å². The maximum Gasteiger partial charge on any atom is 0.267 e. The number of aromatic amines is 2. The van der Waals surface area contributed by atoms with Crippen molar-refractivity contribution < 1.29 is 0 Å². The zero-order valence-corrected chi connectivity index (χ0v) is 6.89. The first-order valence-corrected chi connectivity index (χ1v) is 4.29. The Bertz CT molecular complexity index is 325. The summed E-state index contributed by atoms with van der Waals surface area (Å²) in [6, 6.07) is 0. The van der Waals surface area contributed by atoms with Crippen LogP contribution in [0.5, 0.6) is 0 Å². The van der Waals surface area contributed by atoms with Gasteiger partial charge in [0.2, 0.25) is 0 Å². The first-order valence-electron chi connectivity index (χ1n) is 4.29. The van der Waals surface area contributed by atoms with E-state index in [-0.39, 0.29) is 5.56 Å². The van der Waals surface area contributed by atoms with Crippen LogP contribution in [0.25, 0.3) is 0 Å². The van der Waals surface area contributed by atoms with Gasteiger partial charge in [0.1, 0.15) is 0 Å². The van der Waals surface area contributed by atoms with E-state index >= 15 is 0 Å². The molecule has 1 unspecified atom stereocenters. The highest BCUT2D eigenvalue weighted by atomic mass is 16.1. The highest BCUT2D eigenvalue weighted by Gasteiger charge is 2.20. The molecule has 0 aromatic carbocycles. The Labute approximate surface area is 70.1 Å². The van der Waals surface area contributed by atoms with E-state index in [1.165, 1.54) is 0 Å². The van der Waals surface area contributed by atoms with Crippen molar-refractivity contribution >= 4 is 0 Å². The maximum absolute atomic E-state index is 11.2. The van der Waals surface area contributed by atoms with E-state index in [4.69, 9.17) is 5.73 Å². The average molecular weight is 167 g/mol. The van der Waals surface area contributed by atoms with E-state index in [0.29, 0.717) is 12.5 Å². The van der Waals surface area contributed by atoms with Crippen molar-refractivity contribution in [2.45, 2.75) is 19.3 Å². The minimum Gasteiger partial charge on any atom is -0.330 e. The molecule has 4 heteroatoms. The van der Waals surface area contributed by atoms with Crippen LogP contribution in [-0.4, -0.2) is 16.7 Å². The van der Waals surface area contributed by atoms with Gasteiger partial charge in [-0.25, -0.2) is 0 Å². The van der Waals surface area contributed by atoms with Crippen LogP contribution in [0.3, 0.4) is 0 Å². The van der Waals surface area contributed by atoms with Gasteiger partial charge in [0.05, 0.1) is 0 Å². The quantitative estimate of drug-likeness (QED) is 0.540. The van der Waals surface area contributed by atoms with E-state index in [9.17, 15) is 4.79 Å². The van der Waals surface area contributed by atoms with Gasteiger partial charge in [0, 0.05) is 11.3 Å². The van der Waals surface area contributed by atoms with Gasteiger partial charge in [-0.3, -0.25) is 9.89 Å². The lowest BCUT2D eigenvalue weighted by molar-refractivity contribution is 0.465. The van der Waals surface area contributed by atoms with Crippen LogP contribution in [0, 0.1) is 5.92 Å². The van der Waals surface area contributed by atoms with Gasteiger partial charge < -0.3 is 10.8 Å². The number of aromatic nitrogens is 2. The third kappa shape index (κ3) is 1.08. The number of nitrogens with one attached hydrogen (secondary N) is 2. The molecule has 0 aliphatic heterocycles. The van der Waals surface area contributed by atoms with Crippen LogP contribution >= 0.6 is 0 Å². The molecule has 66 valence electrons. The second-order valence-corrected chi connectivity index (χ2v) is 3.38. The van der Waals surface area contributed by atoms with Crippen molar-refractivity contribution in [2.75, 3.05) is 6.54 Å². The van der Waals surface area contributed by atoms with Crippen molar-refractivity contribution in [3.63, 3.8) is 0 Å². The maximum atomic E-state index is 11.2. The first kappa shape index (κ1) is 7.61. The third-order valence-electron chi connectivity index (χ3n) is 2.59. The monoisotopic (exact) mass is 167 g/mol. The molecule has 0 spiro atoms. The van der Waals surface area contributed by atoms with E-state index in [1.54, 1.807) is 0 Å². The molecule has 1 heterocycles. The molecule has 0 saturated carbocycles. The number of rotatable bonds is 1. The summed E-state index contributed by atoms with van der Waals surface area (Å²) < 4.78 is 0. The predicted octanol–water partition coefficient (Wildman–Crippen LogP) is -0.233. The number of hydrogen-bond donors (Lipinski definition) is 3. The summed E-state index contributed by atoms with van der Waals surface area (Å²) >= 11 is 0. The van der Waals surface area contributed by atoms with E-state index in [0.717, 1.165) is 30.5 Å². The second kappa shape index (κ2) is 2.79. The summed E-state index contributed by atoms with van der Waals surface area (Å²) in [7, 11) is 0. The van der Waals surface area contributed by atoms with E-state index < -0.39 is 0 Å². The Kier molecular flexibility index (Phi) is 1.77. The summed E-state index contributed by atoms with van der Waals surface area (Å²) in [5.74, 6) is 0.495. The molecule has 1 aromatic rings. The summed E-state index contributed by atoms with van der Waals surface area (Å²) in [6.45, 7) is 0.685. The molecule has 12 heavy (non-hydrogen) atoms. The standard InChI is InChI=1S/C8H13N3O/c9-4-5-1-2-7-6(3-5)8(12)11-10-7/h5H,1-4,9H2,(H2,10,11,12). The van der Waals surface area contributed by atoms with Crippen molar-refractivity contribution in [2.24, 2.45) is 11.7 Å². The molecule has 0 amide bonds. The predicted molar refractivity (Wildman–Crippen MR) is 46.0 cm³/mol. The zero-order chi connectivity index (χ0) is 8.55. The van der Waals surface area contributed by atoms with Gasteiger partial charge in [-0.2, -0.15) is 0 Å². The van der Waals surface area contributed by atoms with Crippen LogP contribution in [0.2, 0.25) is 0 Å². The van der Waals surface area contributed by atoms with Crippen molar-refractivity contribution in [3.8, 4) is 0 Å². The minimum atomic E-state index is 0.0307. The number of fused-ring (bicyclic) bond motifs is 1. The van der Waals surface area contributed by atoms with Gasteiger partial charge in [0.25, 0.3) is 5.56 Å². The summed E-state index contributed by atoms with van der Waals surface area (Å²) in [4.78, 5) is 11.2. The molecular formula is C8H13N3O. The molecule has 1 aliphatic rings. The molecule has 0 fully saturated rings. The summed E-state index contributed by atoms with van der Waals surface area (Å²) in [6.07, 6.45) is 2.89. The van der Waals surface area contributed by atoms with Gasteiger partial charge in [-0.15, -0.1) is 0 Å². The smallest absolute Gasteiger partial charge is 0.267 e. The highest BCUT2D eigenvalue weighted by molar-refractivity contribution is 5.20. The molecule has 0 saturated heterocycles. The van der Waals surface area contributed by atoms with Crippen LogP contribution in [-0.2, 0) is 12.8 Å². The van der Waals surface area contributed by atoms with Crippen molar-refractivity contribution in [3.05, 3.63) is 21.6 Å². The van der Waals surface area contributed by atoms with Crippen LogP contribution < -0.4 is 11.3 Å². The van der Waals surface area contributed by atoms with Crippen molar-refractivity contribution in [1.82, 2.24) is 10.2 Å². The number of H-pyrrole nitrogens is 2. The van der Waals surface area contributed by atoms with E-state index in [2.05, 4.69) is 10.2 Å². The lowest BCUT2D eigenvalue weighted by Gasteiger charge is -2.18. The Balaban J connectivity index is 2.32. The Hall–Kier alpha value is -1.03. The SMILES string of the molecule is NCC1CCc2[nH][nH]c(=O)c2C1. The normalized spacial score (nSPS) is 22.2. The molecule has 1 aliphatic carbocycles.